The van der Waals surface area contributed by atoms with Crippen LogP contribution in [0.15, 0.2) is 6.20 Å². The van der Waals surface area contributed by atoms with Gasteiger partial charge in [0.1, 0.15) is 0 Å². The molecule has 1 fully saturated rings. The van der Waals surface area contributed by atoms with E-state index in [0.717, 1.165) is 13.0 Å². The highest BCUT2D eigenvalue weighted by molar-refractivity contribution is 5.26. The second-order valence-electron chi connectivity index (χ2n) is 7.01. The first-order valence-electron chi connectivity index (χ1n) is 7.80. The molecule has 0 amide bonds. The maximum atomic E-state index is 9.10. The molecule has 1 aliphatic rings. The maximum absolute atomic E-state index is 9.10. The summed E-state index contributed by atoms with van der Waals surface area (Å²) in [5.74, 6) is 0.668. The first-order valence-corrected chi connectivity index (χ1v) is 7.80. The SMILES string of the molecule is CC(NCC(C)(C)CCO)c1cn(C)nc1C1CCC1. The number of aryl methyl sites for hydroxylation is 1. The number of aliphatic hydroxyl groups is 1. The van der Waals surface area contributed by atoms with Crippen LogP contribution in [0.4, 0.5) is 0 Å². The van der Waals surface area contributed by atoms with E-state index in [2.05, 4.69) is 37.4 Å². The molecule has 0 aliphatic heterocycles. The van der Waals surface area contributed by atoms with Gasteiger partial charge in [-0.15, -0.1) is 0 Å². The van der Waals surface area contributed by atoms with Crippen LogP contribution in [0, 0.1) is 5.41 Å². The van der Waals surface area contributed by atoms with Gasteiger partial charge >= 0.3 is 0 Å². The van der Waals surface area contributed by atoms with Crippen molar-refractivity contribution in [1.82, 2.24) is 15.1 Å². The molecule has 1 saturated carbocycles. The summed E-state index contributed by atoms with van der Waals surface area (Å²) < 4.78 is 1.94. The molecule has 4 heteroatoms. The minimum Gasteiger partial charge on any atom is -0.396 e. The van der Waals surface area contributed by atoms with E-state index in [1.807, 2.05) is 11.7 Å². The van der Waals surface area contributed by atoms with E-state index in [0.29, 0.717) is 12.0 Å². The fraction of sp³-hybridized carbons (Fsp3) is 0.812. The molecule has 1 aromatic rings. The van der Waals surface area contributed by atoms with Gasteiger partial charge in [0.05, 0.1) is 5.69 Å². The van der Waals surface area contributed by atoms with Crippen LogP contribution in [0.25, 0.3) is 0 Å². The fourth-order valence-corrected chi connectivity index (χ4v) is 2.79. The van der Waals surface area contributed by atoms with Crippen molar-refractivity contribution in [2.45, 2.75) is 58.4 Å². The quantitative estimate of drug-likeness (QED) is 0.807. The Bertz CT molecular complexity index is 435. The number of hydrogen-bond acceptors (Lipinski definition) is 3. The lowest BCUT2D eigenvalue weighted by Crippen LogP contribution is -2.32. The van der Waals surface area contributed by atoms with Crippen LogP contribution in [-0.4, -0.2) is 28.0 Å². The molecule has 0 bridgehead atoms. The molecule has 2 N–H and O–H groups in total. The molecule has 1 atom stereocenters. The van der Waals surface area contributed by atoms with Gasteiger partial charge in [-0.3, -0.25) is 4.68 Å². The molecular formula is C16H29N3O. The zero-order valence-corrected chi connectivity index (χ0v) is 13.3. The highest BCUT2D eigenvalue weighted by Crippen LogP contribution is 2.38. The van der Waals surface area contributed by atoms with Gasteiger partial charge in [0, 0.05) is 43.9 Å². The van der Waals surface area contributed by atoms with Crippen molar-refractivity contribution < 1.29 is 5.11 Å². The van der Waals surface area contributed by atoms with Gasteiger partial charge in [-0.05, 0) is 31.6 Å². The summed E-state index contributed by atoms with van der Waals surface area (Å²) in [6.07, 6.45) is 6.89. The molecule has 1 unspecified atom stereocenters. The van der Waals surface area contributed by atoms with E-state index >= 15 is 0 Å². The van der Waals surface area contributed by atoms with Crippen LogP contribution in [0.3, 0.4) is 0 Å². The standard InChI is InChI=1S/C16H29N3O/c1-12(17-11-16(2,3)8-9-20)14-10-19(4)18-15(14)13-6-5-7-13/h10,12-13,17,20H,5-9,11H2,1-4H3. The summed E-state index contributed by atoms with van der Waals surface area (Å²) in [7, 11) is 2.01. The average molecular weight is 279 g/mol. The number of nitrogens with zero attached hydrogens (tertiary/aromatic N) is 2. The third-order valence-electron chi connectivity index (χ3n) is 4.52. The third-order valence-corrected chi connectivity index (χ3v) is 4.52. The summed E-state index contributed by atoms with van der Waals surface area (Å²) in [6.45, 7) is 7.77. The molecular weight excluding hydrogens is 250 g/mol. The average Bonchev–Trinajstić information content (AvgIpc) is 2.66. The predicted octanol–water partition coefficient (Wildman–Crippen LogP) is 2.75. The highest BCUT2D eigenvalue weighted by atomic mass is 16.3. The number of nitrogens with one attached hydrogen (secondary N) is 1. The van der Waals surface area contributed by atoms with Gasteiger partial charge in [-0.1, -0.05) is 20.3 Å². The second-order valence-corrected chi connectivity index (χ2v) is 7.01. The number of aliphatic hydroxyl groups excluding tert-OH is 1. The van der Waals surface area contributed by atoms with E-state index in [-0.39, 0.29) is 12.0 Å². The van der Waals surface area contributed by atoms with Gasteiger partial charge < -0.3 is 10.4 Å². The first-order chi connectivity index (χ1) is 9.43. The van der Waals surface area contributed by atoms with Crippen molar-refractivity contribution in [3.63, 3.8) is 0 Å². The number of aromatic nitrogens is 2. The lowest BCUT2D eigenvalue weighted by molar-refractivity contribution is 0.203. The molecule has 0 radical (unpaired) electrons. The summed E-state index contributed by atoms with van der Waals surface area (Å²) in [5, 5.41) is 17.4. The Morgan fingerprint density at radius 2 is 2.20 bits per heavy atom. The number of hydrogen-bond donors (Lipinski definition) is 2. The summed E-state index contributed by atoms with van der Waals surface area (Å²) in [6, 6.07) is 0.317. The van der Waals surface area contributed by atoms with Crippen LogP contribution in [0.1, 0.15) is 69.7 Å². The molecule has 0 aromatic carbocycles. The molecule has 114 valence electrons. The monoisotopic (exact) mass is 279 g/mol. The zero-order chi connectivity index (χ0) is 14.8. The summed E-state index contributed by atoms with van der Waals surface area (Å²) in [4.78, 5) is 0. The largest absolute Gasteiger partial charge is 0.396 e. The van der Waals surface area contributed by atoms with Crippen LogP contribution >= 0.6 is 0 Å². The first kappa shape index (κ1) is 15.5. The van der Waals surface area contributed by atoms with Gasteiger partial charge in [0.15, 0.2) is 0 Å². The van der Waals surface area contributed by atoms with E-state index in [9.17, 15) is 0 Å². The minimum absolute atomic E-state index is 0.127. The van der Waals surface area contributed by atoms with Gasteiger partial charge in [-0.2, -0.15) is 5.10 Å². The Morgan fingerprint density at radius 1 is 1.50 bits per heavy atom. The van der Waals surface area contributed by atoms with Crippen molar-refractivity contribution in [3.8, 4) is 0 Å². The zero-order valence-electron chi connectivity index (χ0n) is 13.3. The lowest BCUT2D eigenvalue weighted by atomic mass is 9.81. The van der Waals surface area contributed by atoms with Crippen molar-refractivity contribution >= 4 is 0 Å². The van der Waals surface area contributed by atoms with Gasteiger partial charge in [0.25, 0.3) is 0 Å². The maximum Gasteiger partial charge on any atom is 0.0703 e. The Balaban J connectivity index is 2.00. The molecule has 1 heterocycles. The third kappa shape index (κ3) is 3.61. The van der Waals surface area contributed by atoms with Gasteiger partial charge in [-0.25, -0.2) is 0 Å². The Kier molecular flexibility index (Phi) is 4.86. The molecule has 1 aliphatic carbocycles. The van der Waals surface area contributed by atoms with Crippen LogP contribution in [0.2, 0.25) is 0 Å². The molecule has 0 saturated heterocycles. The topological polar surface area (TPSA) is 50.1 Å². The van der Waals surface area contributed by atoms with Crippen LogP contribution < -0.4 is 5.32 Å². The van der Waals surface area contributed by atoms with Crippen LogP contribution in [-0.2, 0) is 7.05 Å². The van der Waals surface area contributed by atoms with E-state index in [1.54, 1.807) is 0 Å². The Hall–Kier alpha value is -0.870. The van der Waals surface area contributed by atoms with Crippen molar-refractivity contribution in [2.75, 3.05) is 13.2 Å². The summed E-state index contributed by atoms with van der Waals surface area (Å²) >= 11 is 0. The Labute approximate surface area is 122 Å². The summed E-state index contributed by atoms with van der Waals surface area (Å²) in [5.41, 5.74) is 2.76. The van der Waals surface area contributed by atoms with Crippen LogP contribution in [0.5, 0.6) is 0 Å². The molecule has 20 heavy (non-hydrogen) atoms. The molecule has 1 aromatic heterocycles. The Morgan fingerprint density at radius 3 is 2.75 bits per heavy atom. The second kappa shape index (κ2) is 6.27. The predicted molar refractivity (Wildman–Crippen MR) is 81.7 cm³/mol. The van der Waals surface area contributed by atoms with E-state index in [1.165, 1.54) is 30.5 Å². The smallest absolute Gasteiger partial charge is 0.0703 e. The van der Waals surface area contributed by atoms with Gasteiger partial charge in [0.2, 0.25) is 0 Å². The van der Waals surface area contributed by atoms with Crippen molar-refractivity contribution in [3.05, 3.63) is 17.5 Å². The van der Waals surface area contributed by atoms with Crippen molar-refractivity contribution in [1.29, 1.82) is 0 Å². The van der Waals surface area contributed by atoms with Crippen molar-refractivity contribution in [2.24, 2.45) is 12.5 Å². The van der Waals surface area contributed by atoms with E-state index in [4.69, 9.17) is 5.11 Å². The highest BCUT2D eigenvalue weighted by Gasteiger charge is 2.27. The molecule has 0 spiro atoms. The minimum atomic E-state index is 0.127. The lowest BCUT2D eigenvalue weighted by Gasteiger charge is -2.28. The molecule has 4 nitrogen and oxygen atoms in total. The number of rotatable bonds is 7. The normalized spacial score (nSPS) is 18.1. The fourth-order valence-electron chi connectivity index (χ4n) is 2.79. The molecule has 2 rings (SSSR count). The van der Waals surface area contributed by atoms with E-state index < -0.39 is 0 Å².